The molecule has 0 spiro atoms. The molecule has 5 nitrogen and oxygen atoms in total. The zero-order valence-electron chi connectivity index (χ0n) is 13.4. The molecule has 1 heterocycles. The van der Waals surface area contributed by atoms with Crippen molar-refractivity contribution >= 4 is 11.9 Å². The second kappa shape index (κ2) is 6.12. The topological polar surface area (TPSA) is 64.6 Å². The zero-order valence-corrected chi connectivity index (χ0v) is 13.4. The van der Waals surface area contributed by atoms with E-state index in [9.17, 15) is 9.59 Å². The number of carbonyl (C=O) groups is 2. The SMILES string of the molecule is CC(C)[C@H](NC(=O)C1(C)CCCO1)C(=O)OC(C)(C)C. The third-order valence-corrected chi connectivity index (χ3v) is 3.31. The van der Waals surface area contributed by atoms with E-state index in [1.165, 1.54) is 0 Å². The van der Waals surface area contributed by atoms with Gasteiger partial charge >= 0.3 is 5.97 Å². The summed E-state index contributed by atoms with van der Waals surface area (Å²) in [6, 6.07) is -0.650. The van der Waals surface area contributed by atoms with Crippen molar-refractivity contribution in [3.63, 3.8) is 0 Å². The molecular weight excluding hydrogens is 258 g/mol. The van der Waals surface area contributed by atoms with Gasteiger partial charge in [0, 0.05) is 6.61 Å². The van der Waals surface area contributed by atoms with E-state index in [1.807, 2.05) is 34.6 Å². The lowest BCUT2D eigenvalue weighted by atomic mass is 9.98. The second-order valence-electron chi connectivity index (χ2n) is 6.91. The zero-order chi connectivity index (χ0) is 15.6. The van der Waals surface area contributed by atoms with Crippen LogP contribution in [0.25, 0.3) is 0 Å². The molecule has 20 heavy (non-hydrogen) atoms. The quantitative estimate of drug-likeness (QED) is 0.803. The van der Waals surface area contributed by atoms with E-state index in [0.29, 0.717) is 13.0 Å². The van der Waals surface area contributed by atoms with Crippen LogP contribution in [0.5, 0.6) is 0 Å². The normalized spacial score (nSPS) is 24.6. The lowest BCUT2D eigenvalue weighted by Crippen LogP contribution is -2.53. The van der Waals surface area contributed by atoms with E-state index in [2.05, 4.69) is 5.32 Å². The molecular formula is C15H27NO4. The molecule has 1 N–H and O–H groups in total. The Balaban J connectivity index is 2.72. The van der Waals surface area contributed by atoms with Crippen molar-refractivity contribution in [3.05, 3.63) is 0 Å². The van der Waals surface area contributed by atoms with Gasteiger partial charge in [-0.25, -0.2) is 4.79 Å². The Morgan fingerprint density at radius 1 is 1.30 bits per heavy atom. The molecule has 0 aromatic heterocycles. The van der Waals surface area contributed by atoms with E-state index < -0.39 is 23.2 Å². The van der Waals surface area contributed by atoms with Gasteiger partial charge in [0.15, 0.2) is 0 Å². The molecule has 1 fully saturated rings. The molecule has 1 unspecified atom stereocenters. The van der Waals surface area contributed by atoms with Gasteiger partial charge in [0.05, 0.1) is 0 Å². The first-order valence-electron chi connectivity index (χ1n) is 7.23. The first-order chi connectivity index (χ1) is 9.05. The number of ether oxygens (including phenoxy) is 2. The van der Waals surface area contributed by atoms with Gasteiger partial charge in [0.2, 0.25) is 0 Å². The minimum atomic E-state index is -0.824. The first-order valence-corrected chi connectivity index (χ1v) is 7.23. The number of amides is 1. The Morgan fingerprint density at radius 3 is 2.30 bits per heavy atom. The maximum atomic E-state index is 12.3. The van der Waals surface area contributed by atoms with Crippen molar-refractivity contribution in [1.82, 2.24) is 5.32 Å². The summed E-state index contributed by atoms with van der Waals surface area (Å²) in [5.41, 5.74) is -1.39. The van der Waals surface area contributed by atoms with E-state index in [4.69, 9.17) is 9.47 Å². The van der Waals surface area contributed by atoms with Crippen molar-refractivity contribution in [2.75, 3.05) is 6.61 Å². The minimum absolute atomic E-state index is 0.0428. The highest BCUT2D eigenvalue weighted by molar-refractivity contribution is 5.89. The van der Waals surface area contributed by atoms with Gasteiger partial charge in [-0.15, -0.1) is 0 Å². The van der Waals surface area contributed by atoms with Crippen molar-refractivity contribution < 1.29 is 19.1 Å². The highest BCUT2D eigenvalue weighted by atomic mass is 16.6. The Morgan fingerprint density at radius 2 is 1.90 bits per heavy atom. The Labute approximate surface area is 121 Å². The number of rotatable bonds is 4. The monoisotopic (exact) mass is 285 g/mol. The molecule has 1 aliphatic heterocycles. The largest absolute Gasteiger partial charge is 0.458 e. The summed E-state index contributed by atoms with van der Waals surface area (Å²) in [5.74, 6) is -0.680. The highest BCUT2D eigenvalue weighted by Gasteiger charge is 2.40. The van der Waals surface area contributed by atoms with E-state index in [0.717, 1.165) is 6.42 Å². The van der Waals surface area contributed by atoms with Crippen LogP contribution < -0.4 is 5.32 Å². The van der Waals surface area contributed by atoms with E-state index in [1.54, 1.807) is 6.92 Å². The van der Waals surface area contributed by atoms with Crippen LogP contribution in [-0.2, 0) is 19.1 Å². The molecule has 1 amide bonds. The van der Waals surface area contributed by atoms with Gasteiger partial charge in [0.1, 0.15) is 17.2 Å². The predicted molar refractivity (Wildman–Crippen MR) is 76.2 cm³/mol. The lowest BCUT2D eigenvalue weighted by Gasteiger charge is -2.29. The van der Waals surface area contributed by atoms with Crippen LogP contribution in [0.4, 0.5) is 0 Å². The summed E-state index contributed by atoms with van der Waals surface area (Å²) in [6.45, 7) is 11.5. The van der Waals surface area contributed by atoms with Crippen LogP contribution in [0, 0.1) is 5.92 Å². The molecule has 1 saturated heterocycles. The molecule has 1 aliphatic rings. The molecule has 5 heteroatoms. The first kappa shape index (κ1) is 17.0. The van der Waals surface area contributed by atoms with Gasteiger partial charge in [-0.1, -0.05) is 13.8 Å². The maximum absolute atomic E-state index is 12.3. The standard InChI is InChI=1S/C15H27NO4/c1-10(2)11(12(17)20-14(3,4)5)16-13(18)15(6)8-7-9-19-15/h10-11H,7-9H2,1-6H3,(H,16,18)/t11-,15?/m0/s1. The van der Waals surface area contributed by atoms with Gasteiger partial charge in [-0.2, -0.15) is 0 Å². The molecule has 0 aromatic carbocycles. The fourth-order valence-corrected chi connectivity index (χ4v) is 2.12. The average Bonchev–Trinajstić information content (AvgIpc) is 2.70. The molecule has 116 valence electrons. The van der Waals surface area contributed by atoms with Crippen LogP contribution in [0.15, 0.2) is 0 Å². The van der Waals surface area contributed by atoms with E-state index >= 15 is 0 Å². The summed E-state index contributed by atoms with van der Waals surface area (Å²) >= 11 is 0. The number of hydrogen-bond acceptors (Lipinski definition) is 4. The fraction of sp³-hybridized carbons (Fsp3) is 0.867. The minimum Gasteiger partial charge on any atom is -0.458 e. The number of nitrogens with one attached hydrogen (secondary N) is 1. The van der Waals surface area contributed by atoms with Crippen molar-refractivity contribution in [2.45, 2.75) is 71.6 Å². The van der Waals surface area contributed by atoms with Crippen LogP contribution >= 0.6 is 0 Å². The third-order valence-electron chi connectivity index (χ3n) is 3.31. The van der Waals surface area contributed by atoms with Gasteiger partial charge < -0.3 is 14.8 Å². The van der Waals surface area contributed by atoms with Gasteiger partial charge in [-0.3, -0.25) is 4.79 Å². The molecule has 0 saturated carbocycles. The smallest absolute Gasteiger partial charge is 0.329 e. The van der Waals surface area contributed by atoms with Gasteiger partial charge in [-0.05, 0) is 46.5 Å². The Bertz CT molecular complexity index is 365. The van der Waals surface area contributed by atoms with E-state index in [-0.39, 0.29) is 11.8 Å². The summed E-state index contributed by atoms with van der Waals surface area (Å²) in [7, 11) is 0. The second-order valence-corrected chi connectivity index (χ2v) is 6.91. The fourth-order valence-electron chi connectivity index (χ4n) is 2.12. The summed E-state index contributed by atoms with van der Waals surface area (Å²) < 4.78 is 10.9. The Hall–Kier alpha value is -1.10. The third kappa shape index (κ3) is 4.47. The van der Waals surface area contributed by atoms with Crippen LogP contribution in [-0.4, -0.2) is 35.7 Å². The van der Waals surface area contributed by atoms with Crippen molar-refractivity contribution in [3.8, 4) is 0 Å². The number of carbonyl (C=O) groups excluding carboxylic acids is 2. The molecule has 0 radical (unpaired) electrons. The summed E-state index contributed by atoms with van der Waals surface area (Å²) in [6.07, 6.45) is 1.54. The molecule has 1 rings (SSSR count). The molecule has 2 atom stereocenters. The van der Waals surface area contributed by atoms with Gasteiger partial charge in [0.25, 0.3) is 5.91 Å². The number of hydrogen-bond donors (Lipinski definition) is 1. The lowest BCUT2D eigenvalue weighted by molar-refractivity contribution is -0.161. The van der Waals surface area contributed by atoms with Crippen LogP contribution in [0.3, 0.4) is 0 Å². The molecule has 0 aromatic rings. The summed E-state index contributed by atoms with van der Waals surface area (Å²) in [4.78, 5) is 24.5. The molecule has 0 aliphatic carbocycles. The van der Waals surface area contributed by atoms with Crippen LogP contribution in [0.2, 0.25) is 0 Å². The predicted octanol–water partition coefficient (Wildman–Crippen LogP) is 2.04. The van der Waals surface area contributed by atoms with Crippen molar-refractivity contribution in [2.24, 2.45) is 5.92 Å². The number of esters is 1. The summed E-state index contributed by atoms with van der Waals surface area (Å²) in [5, 5.41) is 2.78. The Kier molecular flexibility index (Phi) is 5.19. The van der Waals surface area contributed by atoms with Crippen LogP contribution in [0.1, 0.15) is 54.4 Å². The van der Waals surface area contributed by atoms with Crippen molar-refractivity contribution in [1.29, 1.82) is 0 Å². The highest BCUT2D eigenvalue weighted by Crippen LogP contribution is 2.25. The average molecular weight is 285 g/mol. The molecule has 0 bridgehead atoms. The maximum Gasteiger partial charge on any atom is 0.329 e.